The molecule has 20 heavy (non-hydrogen) atoms. The van der Waals surface area contributed by atoms with Crippen LogP contribution in [-0.2, 0) is 11.3 Å². The first-order valence-corrected chi connectivity index (χ1v) is 6.39. The van der Waals surface area contributed by atoms with Crippen LogP contribution in [0.15, 0.2) is 21.9 Å². The van der Waals surface area contributed by atoms with E-state index in [1.54, 1.807) is 0 Å². The van der Waals surface area contributed by atoms with Gasteiger partial charge in [0.15, 0.2) is 0 Å². The Hall–Kier alpha value is -1.60. The lowest BCUT2D eigenvalue weighted by atomic mass is 10.2. The fourth-order valence-electron chi connectivity index (χ4n) is 2.29. The third-order valence-corrected chi connectivity index (χ3v) is 3.31. The second-order valence-electron chi connectivity index (χ2n) is 4.89. The van der Waals surface area contributed by atoms with Crippen LogP contribution < -0.4 is 22.3 Å². The number of H-pyrrole nitrogens is 1. The summed E-state index contributed by atoms with van der Waals surface area (Å²) < 4.78 is 1.31. The molecular weight excluding hydrogens is 284 g/mol. The molecule has 2 rings (SSSR count). The molecule has 0 aliphatic heterocycles. The molecule has 1 fully saturated rings. The molecular formula is C12H19ClN4O3. The number of rotatable bonds is 4. The van der Waals surface area contributed by atoms with Gasteiger partial charge in [-0.1, -0.05) is 0 Å². The monoisotopic (exact) mass is 302 g/mol. The summed E-state index contributed by atoms with van der Waals surface area (Å²) in [4.78, 5) is 36.1. The maximum Gasteiger partial charge on any atom is 0.328 e. The molecule has 1 saturated carbocycles. The number of nitrogens with zero attached hydrogens (tertiary/aromatic N) is 1. The number of carbonyl (C=O) groups is 1. The van der Waals surface area contributed by atoms with Gasteiger partial charge >= 0.3 is 5.69 Å². The highest BCUT2D eigenvalue weighted by molar-refractivity contribution is 5.85. The molecule has 1 aromatic heterocycles. The molecule has 0 spiro atoms. The summed E-state index contributed by atoms with van der Waals surface area (Å²) in [5.41, 5.74) is 4.83. The molecule has 1 aliphatic carbocycles. The number of hydrogen-bond donors (Lipinski definition) is 3. The summed E-state index contributed by atoms with van der Waals surface area (Å²) >= 11 is 0. The molecule has 1 aromatic rings. The molecule has 0 unspecified atom stereocenters. The smallest absolute Gasteiger partial charge is 0.328 e. The van der Waals surface area contributed by atoms with Crippen LogP contribution in [0.5, 0.6) is 0 Å². The fraction of sp³-hybridized carbons (Fsp3) is 0.583. The summed E-state index contributed by atoms with van der Waals surface area (Å²) in [6.07, 6.45) is 4.25. The van der Waals surface area contributed by atoms with Crippen LogP contribution >= 0.6 is 12.4 Å². The first kappa shape index (κ1) is 16.5. The van der Waals surface area contributed by atoms with Gasteiger partial charge in [0.05, 0.1) is 0 Å². The predicted molar refractivity (Wildman–Crippen MR) is 76.9 cm³/mol. The maximum absolute atomic E-state index is 11.7. The summed E-state index contributed by atoms with van der Waals surface area (Å²) in [7, 11) is 0. The number of aromatic nitrogens is 2. The number of aryl methyl sites for hydroxylation is 1. The molecule has 0 aromatic carbocycles. The van der Waals surface area contributed by atoms with Gasteiger partial charge in [0.2, 0.25) is 5.91 Å². The predicted octanol–water partition coefficient (Wildman–Crippen LogP) is -0.655. The summed E-state index contributed by atoms with van der Waals surface area (Å²) in [6.45, 7) is 0.250. The van der Waals surface area contributed by atoms with E-state index in [9.17, 15) is 14.4 Å². The van der Waals surface area contributed by atoms with Crippen molar-refractivity contribution in [1.82, 2.24) is 14.9 Å². The van der Waals surface area contributed by atoms with Crippen LogP contribution in [0.4, 0.5) is 0 Å². The number of amides is 1. The van der Waals surface area contributed by atoms with E-state index < -0.39 is 11.2 Å². The third-order valence-electron chi connectivity index (χ3n) is 3.31. The average Bonchev–Trinajstić information content (AvgIpc) is 2.73. The van der Waals surface area contributed by atoms with E-state index in [2.05, 4.69) is 10.3 Å². The van der Waals surface area contributed by atoms with E-state index in [4.69, 9.17) is 5.73 Å². The van der Waals surface area contributed by atoms with Crippen molar-refractivity contribution < 1.29 is 4.79 Å². The van der Waals surface area contributed by atoms with Crippen molar-refractivity contribution in [3.05, 3.63) is 33.1 Å². The zero-order valence-corrected chi connectivity index (χ0v) is 11.8. The molecule has 8 heteroatoms. The first-order valence-electron chi connectivity index (χ1n) is 6.39. The number of hydrogen-bond acceptors (Lipinski definition) is 4. The molecule has 1 amide bonds. The van der Waals surface area contributed by atoms with Crippen molar-refractivity contribution in [2.24, 2.45) is 5.73 Å². The Morgan fingerprint density at radius 1 is 1.45 bits per heavy atom. The van der Waals surface area contributed by atoms with Gasteiger partial charge in [0.25, 0.3) is 5.56 Å². The van der Waals surface area contributed by atoms with Crippen LogP contribution in [0, 0.1) is 0 Å². The van der Waals surface area contributed by atoms with Crippen molar-refractivity contribution in [2.75, 3.05) is 0 Å². The van der Waals surface area contributed by atoms with Gasteiger partial charge in [0, 0.05) is 37.3 Å². The maximum atomic E-state index is 11.7. The Balaban J connectivity index is 0.00000200. The lowest BCUT2D eigenvalue weighted by Crippen LogP contribution is -2.36. The van der Waals surface area contributed by atoms with Crippen molar-refractivity contribution in [3.63, 3.8) is 0 Å². The van der Waals surface area contributed by atoms with E-state index in [1.807, 2.05) is 0 Å². The topological polar surface area (TPSA) is 110 Å². The number of aromatic amines is 1. The molecule has 0 saturated heterocycles. The highest BCUT2D eigenvalue weighted by Crippen LogP contribution is 2.16. The van der Waals surface area contributed by atoms with Crippen molar-refractivity contribution in [2.45, 2.75) is 44.3 Å². The first-order chi connectivity index (χ1) is 9.04. The summed E-state index contributed by atoms with van der Waals surface area (Å²) in [5, 5.41) is 2.90. The van der Waals surface area contributed by atoms with Crippen LogP contribution in [-0.4, -0.2) is 27.5 Å². The second-order valence-corrected chi connectivity index (χ2v) is 4.89. The molecule has 4 N–H and O–H groups in total. The minimum absolute atomic E-state index is 0. The average molecular weight is 303 g/mol. The van der Waals surface area contributed by atoms with Crippen molar-refractivity contribution >= 4 is 18.3 Å². The van der Waals surface area contributed by atoms with Crippen LogP contribution in [0.1, 0.15) is 25.7 Å². The van der Waals surface area contributed by atoms with E-state index in [0.717, 1.165) is 19.3 Å². The molecule has 0 bridgehead atoms. The van der Waals surface area contributed by atoms with E-state index >= 15 is 0 Å². The van der Waals surface area contributed by atoms with Gasteiger partial charge in [-0.15, -0.1) is 12.4 Å². The Morgan fingerprint density at radius 3 is 2.80 bits per heavy atom. The normalized spacial score (nSPS) is 21.2. The lowest BCUT2D eigenvalue weighted by molar-refractivity contribution is -0.122. The van der Waals surface area contributed by atoms with Crippen molar-refractivity contribution in [3.8, 4) is 0 Å². The standard InChI is InChI=1S/C12H18N4O3.ClH/c13-8-1-2-9(7-8)14-10(17)3-5-16-6-4-11(18)15-12(16)19;/h4,6,8-9H,1-3,5,7,13H2,(H,14,17)(H,15,18,19);1H/t8-,9-;/m1./s1. The third kappa shape index (κ3) is 4.50. The highest BCUT2D eigenvalue weighted by atomic mass is 35.5. The molecule has 2 atom stereocenters. The number of nitrogens with two attached hydrogens (primary N) is 1. The zero-order valence-electron chi connectivity index (χ0n) is 11.0. The zero-order chi connectivity index (χ0) is 13.8. The molecule has 0 radical (unpaired) electrons. The number of nitrogens with one attached hydrogen (secondary N) is 2. The van der Waals surface area contributed by atoms with Crippen LogP contribution in [0.3, 0.4) is 0 Å². The Labute approximate surface area is 122 Å². The molecule has 112 valence electrons. The molecule has 1 aliphatic rings. The lowest BCUT2D eigenvalue weighted by Gasteiger charge is -2.12. The van der Waals surface area contributed by atoms with Crippen LogP contribution in [0.25, 0.3) is 0 Å². The number of halogens is 1. The van der Waals surface area contributed by atoms with Gasteiger partial charge in [-0.3, -0.25) is 14.6 Å². The van der Waals surface area contributed by atoms with Gasteiger partial charge in [-0.25, -0.2) is 4.79 Å². The van der Waals surface area contributed by atoms with Crippen LogP contribution in [0.2, 0.25) is 0 Å². The Bertz CT molecular complexity index is 568. The van der Waals surface area contributed by atoms with E-state index in [-0.39, 0.29) is 43.4 Å². The largest absolute Gasteiger partial charge is 0.353 e. The second kappa shape index (κ2) is 7.25. The SMILES string of the molecule is Cl.N[C@@H]1CC[C@@H](NC(=O)CCn2ccc(=O)[nH]c2=O)C1. The van der Waals surface area contributed by atoms with Gasteiger partial charge in [-0.2, -0.15) is 0 Å². The van der Waals surface area contributed by atoms with Gasteiger partial charge in [0.1, 0.15) is 0 Å². The van der Waals surface area contributed by atoms with Crippen molar-refractivity contribution in [1.29, 1.82) is 0 Å². The molecule has 1 heterocycles. The van der Waals surface area contributed by atoms with Gasteiger partial charge < -0.3 is 15.6 Å². The molecule has 7 nitrogen and oxygen atoms in total. The van der Waals surface area contributed by atoms with E-state index in [1.165, 1.54) is 16.8 Å². The quantitative estimate of drug-likeness (QED) is 0.686. The van der Waals surface area contributed by atoms with E-state index in [0.29, 0.717) is 0 Å². The highest BCUT2D eigenvalue weighted by Gasteiger charge is 2.22. The summed E-state index contributed by atoms with van der Waals surface area (Å²) in [6, 6.07) is 1.58. The minimum atomic E-state index is -0.497. The minimum Gasteiger partial charge on any atom is -0.353 e. The fourth-order valence-corrected chi connectivity index (χ4v) is 2.29. The Kier molecular flexibility index (Phi) is 5.97. The Morgan fingerprint density at radius 2 is 2.20 bits per heavy atom. The summed E-state index contributed by atoms with van der Waals surface area (Å²) in [5.74, 6) is -0.0998. The van der Waals surface area contributed by atoms with Gasteiger partial charge in [-0.05, 0) is 19.3 Å². The number of carbonyl (C=O) groups excluding carboxylic acids is 1.